The van der Waals surface area contributed by atoms with E-state index in [0.29, 0.717) is 9.90 Å². The van der Waals surface area contributed by atoms with E-state index in [-0.39, 0.29) is 0 Å². The number of aromatic nitrogens is 1. The number of nitrogens with zero attached hydrogens (tertiary/aromatic N) is 1. The zero-order valence-electron chi connectivity index (χ0n) is 11.2. The molecule has 2 aromatic heterocycles. The highest BCUT2D eigenvalue weighted by molar-refractivity contribution is 9.11. The molecule has 1 N–H and O–H groups in total. The molecule has 0 aliphatic rings. The van der Waals surface area contributed by atoms with Crippen molar-refractivity contribution in [1.82, 2.24) is 4.98 Å². The van der Waals surface area contributed by atoms with Gasteiger partial charge in [0, 0.05) is 0 Å². The normalized spacial score (nSPS) is 12.0. The van der Waals surface area contributed by atoms with E-state index in [1.165, 1.54) is 11.3 Å². The number of aryl methyl sites for hydroxylation is 2. The summed E-state index contributed by atoms with van der Waals surface area (Å²) in [6.45, 7) is 3.80. The predicted molar refractivity (Wildman–Crippen MR) is 91.9 cm³/mol. The van der Waals surface area contributed by atoms with Crippen LogP contribution in [-0.4, -0.2) is 13.4 Å². The van der Waals surface area contributed by atoms with E-state index in [0.717, 1.165) is 24.6 Å². The van der Waals surface area contributed by atoms with E-state index in [2.05, 4.69) is 25.6 Å². The molecule has 0 unspecified atom stereocenters. The van der Waals surface area contributed by atoms with Crippen LogP contribution in [0.3, 0.4) is 0 Å². The summed E-state index contributed by atoms with van der Waals surface area (Å²) in [5.41, 5.74) is 2.34. The summed E-state index contributed by atoms with van der Waals surface area (Å²) in [6.07, 6.45) is 0. The zero-order valence-corrected chi connectivity index (χ0v) is 15.2. The summed E-state index contributed by atoms with van der Waals surface area (Å²) in [5, 5.41) is 0.961. The maximum Gasteiger partial charge on any atom is 0.271 e. The molecule has 0 aliphatic heterocycles. The largest absolute Gasteiger partial charge is 0.279 e. The number of anilines is 1. The quantitative estimate of drug-likeness (QED) is 0.699. The SMILES string of the molecule is Cc1nc2ccc(NS(=O)(=O)c3cc(C)c(Br)s3)cc2s1. The van der Waals surface area contributed by atoms with Gasteiger partial charge in [-0.05, 0) is 59.6 Å². The third kappa shape index (κ3) is 2.98. The second kappa shape index (κ2) is 5.35. The first-order valence-corrected chi connectivity index (χ1v) is 9.92. The Morgan fingerprint density at radius 1 is 1.19 bits per heavy atom. The predicted octanol–water partition coefficient (Wildman–Crippen LogP) is 4.54. The molecule has 0 aliphatic carbocycles. The van der Waals surface area contributed by atoms with Gasteiger partial charge in [0.15, 0.2) is 0 Å². The molecule has 0 fully saturated rings. The molecule has 110 valence electrons. The van der Waals surface area contributed by atoms with Crippen LogP contribution in [0.2, 0.25) is 0 Å². The van der Waals surface area contributed by atoms with Crippen LogP contribution in [0.25, 0.3) is 10.2 Å². The minimum Gasteiger partial charge on any atom is -0.279 e. The Morgan fingerprint density at radius 3 is 2.62 bits per heavy atom. The number of hydrogen-bond donors (Lipinski definition) is 1. The first-order chi connectivity index (χ1) is 9.85. The number of hydrogen-bond acceptors (Lipinski definition) is 5. The van der Waals surface area contributed by atoms with Gasteiger partial charge in [-0.2, -0.15) is 0 Å². The second-order valence-corrected chi connectivity index (χ2v) is 10.1. The summed E-state index contributed by atoms with van der Waals surface area (Å²) in [5.74, 6) is 0. The van der Waals surface area contributed by atoms with Crippen LogP contribution in [0.5, 0.6) is 0 Å². The molecule has 3 rings (SSSR count). The van der Waals surface area contributed by atoms with Crippen molar-refractivity contribution in [2.75, 3.05) is 4.72 Å². The van der Waals surface area contributed by atoms with Gasteiger partial charge in [-0.1, -0.05) is 0 Å². The highest BCUT2D eigenvalue weighted by Crippen LogP contribution is 2.32. The monoisotopic (exact) mass is 402 g/mol. The average Bonchev–Trinajstić information content (AvgIpc) is 2.91. The zero-order chi connectivity index (χ0) is 15.2. The van der Waals surface area contributed by atoms with Crippen molar-refractivity contribution in [1.29, 1.82) is 0 Å². The molecule has 0 spiro atoms. The molecule has 0 bridgehead atoms. The van der Waals surface area contributed by atoms with Crippen molar-refractivity contribution in [3.63, 3.8) is 0 Å². The van der Waals surface area contributed by atoms with E-state index < -0.39 is 10.0 Å². The van der Waals surface area contributed by atoms with E-state index in [4.69, 9.17) is 0 Å². The van der Waals surface area contributed by atoms with Crippen molar-refractivity contribution in [3.8, 4) is 0 Å². The van der Waals surface area contributed by atoms with Crippen molar-refractivity contribution in [2.24, 2.45) is 0 Å². The Morgan fingerprint density at radius 2 is 1.95 bits per heavy atom. The van der Waals surface area contributed by atoms with Crippen LogP contribution in [-0.2, 0) is 10.0 Å². The summed E-state index contributed by atoms with van der Waals surface area (Å²) >= 11 is 6.10. The summed E-state index contributed by atoms with van der Waals surface area (Å²) in [6, 6.07) is 7.03. The van der Waals surface area contributed by atoms with E-state index in [1.807, 2.05) is 26.0 Å². The van der Waals surface area contributed by atoms with Crippen molar-refractivity contribution in [3.05, 3.63) is 38.6 Å². The van der Waals surface area contributed by atoms with Crippen LogP contribution >= 0.6 is 38.6 Å². The lowest BCUT2D eigenvalue weighted by Crippen LogP contribution is -2.11. The number of fused-ring (bicyclic) bond motifs is 1. The van der Waals surface area contributed by atoms with E-state index >= 15 is 0 Å². The lowest BCUT2D eigenvalue weighted by Gasteiger charge is -2.05. The van der Waals surface area contributed by atoms with Gasteiger partial charge in [-0.15, -0.1) is 22.7 Å². The molecule has 1 aromatic carbocycles. The Kier molecular flexibility index (Phi) is 3.81. The van der Waals surface area contributed by atoms with Crippen LogP contribution in [0.4, 0.5) is 5.69 Å². The number of halogens is 1. The molecule has 4 nitrogen and oxygen atoms in total. The van der Waals surface area contributed by atoms with E-state index in [1.54, 1.807) is 23.5 Å². The average molecular weight is 403 g/mol. The fourth-order valence-electron chi connectivity index (χ4n) is 1.87. The van der Waals surface area contributed by atoms with Gasteiger partial charge in [0.05, 0.1) is 24.7 Å². The lowest BCUT2D eigenvalue weighted by molar-refractivity contribution is 0.603. The molecule has 0 saturated carbocycles. The van der Waals surface area contributed by atoms with Crippen LogP contribution < -0.4 is 4.72 Å². The Balaban J connectivity index is 1.96. The molecule has 2 heterocycles. The number of rotatable bonds is 3. The standard InChI is InChI=1S/C13H11BrN2O2S3/c1-7-5-12(20-13(7)14)21(17,18)16-9-3-4-10-11(6-9)19-8(2)15-10/h3-6,16H,1-2H3. The first kappa shape index (κ1) is 15.0. The maximum atomic E-state index is 12.4. The van der Waals surface area contributed by atoms with Gasteiger partial charge >= 0.3 is 0 Å². The Bertz CT molecular complexity index is 909. The highest BCUT2D eigenvalue weighted by Gasteiger charge is 2.18. The van der Waals surface area contributed by atoms with Gasteiger partial charge < -0.3 is 0 Å². The number of nitrogens with one attached hydrogen (secondary N) is 1. The number of sulfonamides is 1. The third-order valence-corrected chi connectivity index (χ3v) is 7.77. The minimum absolute atomic E-state index is 0.299. The fraction of sp³-hybridized carbons (Fsp3) is 0.154. The third-order valence-electron chi connectivity index (χ3n) is 2.85. The smallest absolute Gasteiger partial charge is 0.271 e. The number of thiophene rings is 1. The molecule has 0 saturated heterocycles. The van der Waals surface area contributed by atoms with Crippen LogP contribution in [0.15, 0.2) is 32.3 Å². The van der Waals surface area contributed by atoms with E-state index in [9.17, 15) is 8.42 Å². The molecule has 0 amide bonds. The summed E-state index contributed by atoms with van der Waals surface area (Å²) < 4.78 is 29.5. The molecule has 0 radical (unpaired) electrons. The van der Waals surface area contributed by atoms with Crippen molar-refractivity contribution >= 4 is 64.5 Å². The highest BCUT2D eigenvalue weighted by atomic mass is 79.9. The summed E-state index contributed by atoms with van der Waals surface area (Å²) in [7, 11) is -3.55. The first-order valence-electron chi connectivity index (χ1n) is 6.01. The lowest BCUT2D eigenvalue weighted by atomic mass is 10.3. The Hall–Kier alpha value is -0.960. The Labute approximate surface area is 139 Å². The minimum atomic E-state index is -3.55. The fourth-order valence-corrected chi connectivity index (χ4v) is 6.01. The van der Waals surface area contributed by atoms with Gasteiger partial charge in [0.25, 0.3) is 10.0 Å². The molecular weight excluding hydrogens is 392 g/mol. The van der Waals surface area contributed by atoms with Crippen molar-refractivity contribution in [2.45, 2.75) is 18.1 Å². The molecule has 8 heteroatoms. The van der Waals surface area contributed by atoms with Gasteiger partial charge in [-0.3, -0.25) is 4.72 Å². The van der Waals surface area contributed by atoms with Gasteiger partial charge in [-0.25, -0.2) is 13.4 Å². The topological polar surface area (TPSA) is 59.1 Å². The van der Waals surface area contributed by atoms with Gasteiger partial charge in [0.1, 0.15) is 4.21 Å². The molecular formula is C13H11BrN2O2S3. The van der Waals surface area contributed by atoms with Gasteiger partial charge in [0.2, 0.25) is 0 Å². The maximum absolute atomic E-state index is 12.4. The van der Waals surface area contributed by atoms with Crippen molar-refractivity contribution < 1.29 is 8.42 Å². The molecule has 3 aromatic rings. The molecule has 21 heavy (non-hydrogen) atoms. The summed E-state index contributed by atoms with van der Waals surface area (Å²) in [4.78, 5) is 4.36. The van der Waals surface area contributed by atoms with Crippen LogP contribution in [0, 0.1) is 13.8 Å². The number of thiazole rings is 1. The van der Waals surface area contributed by atoms with Crippen LogP contribution in [0.1, 0.15) is 10.6 Å². The molecule has 0 atom stereocenters. The second-order valence-electron chi connectivity index (χ2n) is 4.54. The number of benzene rings is 1.